The smallest absolute Gasteiger partial charge is 0.275 e. The summed E-state index contributed by atoms with van der Waals surface area (Å²) in [5.74, 6) is -0.709. The number of nitrogens with one attached hydrogen (secondary N) is 2. The van der Waals surface area contributed by atoms with Crippen LogP contribution in [0, 0.1) is 5.82 Å². The van der Waals surface area contributed by atoms with Gasteiger partial charge in [0.05, 0.1) is 10.7 Å². The van der Waals surface area contributed by atoms with Gasteiger partial charge in [-0.2, -0.15) is 0 Å². The standard InChI is InChI=1S/C14H12Cl2FN3O/c1-2-18-12-6-4-9(16)13(20-12)14(21)19-11-5-3-8(15)7-10(11)17/h3-7H,2H2,1H3,(H,18,20)(H,19,21). The minimum atomic E-state index is -0.630. The van der Waals surface area contributed by atoms with E-state index in [2.05, 4.69) is 15.6 Å². The number of nitrogens with zero attached hydrogens (tertiary/aromatic N) is 1. The molecule has 0 unspecified atom stereocenters. The van der Waals surface area contributed by atoms with Crippen LogP contribution in [-0.2, 0) is 0 Å². The van der Waals surface area contributed by atoms with Crippen LogP contribution in [0.2, 0.25) is 10.0 Å². The molecule has 0 saturated heterocycles. The highest BCUT2D eigenvalue weighted by molar-refractivity contribution is 6.34. The van der Waals surface area contributed by atoms with Crippen molar-refractivity contribution >= 4 is 40.6 Å². The van der Waals surface area contributed by atoms with E-state index in [1.165, 1.54) is 12.1 Å². The second-order valence-corrected chi connectivity index (χ2v) is 4.98. The molecule has 2 rings (SSSR count). The second-order valence-electron chi connectivity index (χ2n) is 4.14. The highest BCUT2D eigenvalue weighted by atomic mass is 35.5. The van der Waals surface area contributed by atoms with Gasteiger partial charge in [-0.1, -0.05) is 23.2 Å². The Labute approximate surface area is 131 Å². The molecule has 1 aromatic carbocycles. The van der Waals surface area contributed by atoms with Gasteiger partial charge >= 0.3 is 0 Å². The number of amides is 1. The van der Waals surface area contributed by atoms with Gasteiger partial charge in [-0.05, 0) is 37.3 Å². The van der Waals surface area contributed by atoms with E-state index in [4.69, 9.17) is 23.2 Å². The molecule has 0 aliphatic heterocycles. The molecule has 0 fully saturated rings. The van der Waals surface area contributed by atoms with Gasteiger partial charge in [-0.25, -0.2) is 9.37 Å². The largest absolute Gasteiger partial charge is 0.370 e. The number of hydrogen-bond donors (Lipinski definition) is 2. The van der Waals surface area contributed by atoms with Gasteiger partial charge in [0, 0.05) is 11.6 Å². The average Bonchev–Trinajstić information content (AvgIpc) is 2.44. The second kappa shape index (κ2) is 6.74. The molecule has 2 N–H and O–H groups in total. The molecule has 0 aliphatic rings. The van der Waals surface area contributed by atoms with Gasteiger partial charge in [-0.3, -0.25) is 4.79 Å². The first kappa shape index (κ1) is 15.5. The van der Waals surface area contributed by atoms with Crippen LogP contribution < -0.4 is 10.6 Å². The fraction of sp³-hybridized carbons (Fsp3) is 0.143. The van der Waals surface area contributed by atoms with E-state index in [0.29, 0.717) is 12.4 Å². The Hall–Kier alpha value is -1.85. The van der Waals surface area contributed by atoms with Gasteiger partial charge in [-0.15, -0.1) is 0 Å². The molecule has 0 aliphatic carbocycles. The van der Waals surface area contributed by atoms with E-state index in [0.717, 1.165) is 6.07 Å². The van der Waals surface area contributed by atoms with Crippen LogP contribution in [0.25, 0.3) is 0 Å². The molecule has 1 heterocycles. The van der Waals surface area contributed by atoms with Crippen LogP contribution >= 0.6 is 23.2 Å². The summed E-state index contributed by atoms with van der Waals surface area (Å²) in [5.41, 5.74) is 0.0283. The summed E-state index contributed by atoms with van der Waals surface area (Å²) in [6, 6.07) is 7.17. The molecule has 4 nitrogen and oxygen atoms in total. The molecule has 110 valence electrons. The van der Waals surface area contributed by atoms with Crippen LogP contribution in [0.5, 0.6) is 0 Å². The average molecular weight is 328 g/mol. The first-order valence-electron chi connectivity index (χ1n) is 6.18. The summed E-state index contributed by atoms with van der Waals surface area (Å²) in [7, 11) is 0. The predicted molar refractivity (Wildman–Crippen MR) is 82.8 cm³/mol. The molecular formula is C14H12Cl2FN3O. The summed E-state index contributed by atoms with van der Waals surface area (Å²) in [6.07, 6.45) is 0. The predicted octanol–water partition coefficient (Wildman–Crippen LogP) is 4.21. The Morgan fingerprint density at radius 1 is 1.29 bits per heavy atom. The zero-order chi connectivity index (χ0) is 15.4. The number of carbonyl (C=O) groups excluding carboxylic acids is 1. The fourth-order valence-electron chi connectivity index (χ4n) is 1.65. The third-order valence-corrected chi connectivity index (χ3v) is 3.14. The molecule has 0 atom stereocenters. The molecule has 0 saturated carbocycles. The number of carbonyl (C=O) groups is 1. The number of rotatable bonds is 4. The van der Waals surface area contributed by atoms with Crippen molar-refractivity contribution in [2.75, 3.05) is 17.2 Å². The molecular weight excluding hydrogens is 316 g/mol. The zero-order valence-corrected chi connectivity index (χ0v) is 12.6. The fourth-order valence-corrected chi connectivity index (χ4v) is 2.00. The van der Waals surface area contributed by atoms with E-state index in [9.17, 15) is 9.18 Å². The lowest BCUT2D eigenvalue weighted by Gasteiger charge is -2.09. The minimum Gasteiger partial charge on any atom is -0.370 e. The zero-order valence-electron chi connectivity index (χ0n) is 11.1. The van der Waals surface area contributed by atoms with Crippen molar-refractivity contribution in [1.82, 2.24) is 4.98 Å². The number of benzene rings is 1. The maximum absolute atomic E-state index is 13.7. The van der Waals surface area contributed by atoms with Crippen LogP contribution in [0.4, 0.5) is 15.9 Å². The monoisotopic (exact) mass is 327 g/mol. The molecule has 0 bridgehead atoms. The van der Waals surface area contributed by atoms with Gasteiger partial charge in [0.2, 0.25) is 0 Å². The van der Waals surface area contributed by atoms with E-state index < -0.39 is 11.7 Å². The molecule has 7 heteroatoms. The molecule has 21 heavy (non-hydrogen) atoms. The van der Waals surface area contributed by atoms with Crippen molar-refractivity contribution in [2.24, 2.45) is 0 Å². The maximum Gasteiger partial charge on any atom is 0.275 e. The Bertz CT molecular complexity index is 679. The van der Waals surface area contributed by atoms with Crippen molar-refractivity contribution in [2.45, 2.75) is 6.92 Å². The maximum atomic E-state index is 13.7. The first-order valence-corrected chi connectivity index (χ1v) is 6.93. The molecule has 0 radical (unpaired) electrons. The number of halogens is 3. The molecule has 1 amide bonds. The van der Waals surface area contributed by atoms with Gasteiger partial charge < -0.3 is 10.6 Å². The highest BCUT2D eigenvalue weighted by Gasteiger charge is 2.15. The summed E-state index contributed by atoms with van der Waals surface area (Å²) in [6.45, 7) is 2.56. The first-order chi connectivity index (χ1) is 10.0. The summed E-state index contributed by atoms with van der Waals surface area (Å²) >= 11 is 11.6. The van der Waals surface area contributed by atoms with Crippen LogP contribution in [-0.4, -0.2) is 17.4 Å². The Morgan fingerprint density at radius 2 is 2.05 bits per heavy atom. The minimum absolute atomic E-state index is 0.0103. The van der Waals surface area contributed by atoms with Crippen molar-refractivity contribution in [3.63, 3.8) is 0 Å². The lowest BCUT2D eigenvalue weighted by Crippen LogP contribution is -2.16. The lowest BCUT2D eigenvalue weighted by atomic mass is 10.2. The van der Waals surface area contributed by atoms with Crippen LogP contribution in [0.15, 0.2) is 30.3 Å². The Kier molecular flexibility index (Phi) is 4.98. The van der Waals surface area contributed by atoms with E-state index in [1.807, 2.05) is 6.92 Å². The highest BCUT2D eigenvalue weighted by Crippen LogP contribution is 2.22. The van der Waals surface area contributed by atoms with Crippen molar-refractivity contribution in [3.05, 3.63) is 51.9 Å². The number of pyridine rings is 1. The topological polar surface area (TPSA) is 54.0 Å². The van der Waals surface area contributed by atoms with Crippen molar-refractivity contribution in [3.8, 4) is 0 Å². The Balaban J connectivity index is 2.25. The number of hydrogen-bond acceptors (Lipinski definition) is 3. The SMILES string of the molecule is CCNc1ccc(Cl)c(C(=O)Nc2ccc(Cl)cc2F)n1. The summed E-state index contributed by atoms with van der Waals surface area (Å²) < 4.78 is 13.7. The van der Waals surface area contributed by atoms with Crippen molar-refractivity contribution in [1.29, 1.82) is 0 Å². The van der Waals surface area contributed by atoms with E-state index >= 15 is 0 Å². The van der Waals surface area contributed by atoms with Crippen LogP contribution in [0.1, 0.15) is 17.4 Å². The third-order valence-electron chi connectivity index (χ3n) is 2.60. The van der Waals surface area contributed by atoms with E-state index in [-0.39, 0.29) is 21.4 Å². The molecule has 2 aromatic rings. The Morgan fingerprint density at radius 3 is 2.71 bits per heavy atom. The normalized spacial score (nSPS) is 10.3. The quantitative estimate of drug-likeness (QED) is 0.884. The summed E-state index contributed by atoms with van der Waals surface area (Å²) in [5, 5.41) is 5.82. The van der Waals surface area contributed by atoms with Gasteiger partial charge in [0.25, 0.3) is 5.91 Å². The van der Waals surface area contributed by atoms with Crippen LogP contribution in [0.3, 0.4) is 0 Å². The molecule has 0 spiro atoms. The third kappa shape index (κ3) is 3.83. The van der Waals surface area contributed by atoms with Crippen molar-refractivity contribution < 1.29 is 9.18 Å². The molecule has 1 aromatic heterocycles. The lowest BCUT2D eigenvalue weighted by molar-refractivity contribution is 0.102. The van der Waals surface area contributed by atoms with E-state index in [1.54, 1.807) is 12.1 Å². The van der Waals surface area contributed by atoms with Gasteiger partial charge in [0.15, 0.2) is 0 Å². The number of anilines is 2. The van der Waals surface area contributed by atoms with Gasteiger partial charge in [0.1, 0.15) is 17.3 Å². The number of aromatic nitrogens is 1. The summed E-state index contributed by atoms with van der Waals surface area (Å²) in [4.78, 5) is 16.2.